The maximum absolute atomic E-state index is 5.88. The molecule has 5 nitrogen and oxygen atoms in total. The molecule has 0 fully saturated rings. The lowest BCUT2D eigenvalue weighted by Gasteiger charge is -1.98. The molecule has 3 rings (SSSR count). The van der Waals surface area contributed by atoms with Gasteiger partial charge in [0.25, 0.3) is 0 Å². The largest absolute Gasteiger partial charge is 0.435 e. The van der Waals surface area contributed by atoms with Gasteiger partial charge in [-0.2, -0.15) is 5.10 Å². The van der Waals surface area contributed by atoms with Crippen LogP contribution in [-0.2, 0) is 6.54 Å². The summed E-state index contributed by atoms with van der Waals surface area (Å²) < 4.78 is 7.61. The third-order valence-electron chi connectivity index (χ3n) is 2.87. The third-order valence-corrected chi connectivity index (χ3v) is 2.87. The highest BCUT2D eigenvalue weighted by molar-refractivity contribution is 5.86. The number of rotatable bonds is 2. The lowest BCUT2D eigenvalue weighted by Crippen LogP contribution is -1.99. The number of hydrogen-bond donors (Lipinski definition) is 1. The number of anilines is 1. The zero-order chi connectivity index (χ0) is 12.7. The van der Waals surface area contributed by atoms with E-state index in [2.05, 4.69) is 10.1 Å². The van der Waals surface area contributed by atoms with Crippen molar-refractivity contribution in [3.05, 3.63) is 30.0 Å². The molecule has 0 unspecified atom stereocenters. The lowest BCUT2D eigenvalue weighted by molar-refractivity contribution is 0.590. The molecule has 2 heterocycles. The topological polar surface area (TPSA) is 69.9 Å². The van der Waals surface area contributed by atoms with Crippen molar-refractivity contribution in [2.24, 2.45) is 0 Å². The molecule has 0 amide bonds. The molecule has 0 saturated carbocycles. The van der Waals surface area contributed by atoms with Crippen molar-refractivity contribution < 1.29 is 4.42 Å². The van der Waals surface area contributed by atoms with Crippen LogP contribution in [0.5, 0.6) is 0 Å². The van der Waals surface area contributed by atoms with Gasteiger partial charge in [-0.15, -0.1) is 0 Å². The summed E-state index contributed by atoms with van der Waals surface area (Å²) >= 11 is 0. The number of nitrogen functional groups attached to an aromatic ring is 1. The maximum atomic E-state index is 5.88. The Balaban J connectivity index is 2.22. The van der Waals surface area contributed by atoms with Crippen LogP contribution in [0.15, 0.2) is 28.7 Å². The number of nitrogens with zero attached hydrogens (tertiary/aromatic N) is 3. The number of fused-ring (bicyclic) bond motifs is 1. The molecular weight excluding hydrogens is 228 g/mol. The number of hydrogen-bond acceptors (Lipinski definition) is 4. The van der Waals surface area contributed by atoms with Crippen LogP contribution in [0.4, 0.5) is 5.69 Å². The van der Waals surface area contributed by atoms with E-state index in [0.29, 0.717) is 22.7 Å². The van der Waals surface area contributed by atoms with Gasteiger partial charge in [-0.3, -0.25) is 4.68 Å². The van der Waals surface area contributed by atoms with E-state index in [-0.39, 0.29) is 0 Å². The molecule has 1 aromatic carbocycles. The normalized spacial score (nSPS) is 11.2. The monoisotopic (exact) mass is 242 g/mol. The molecule has 92 valence electrons. The molecule has 0 spiro atoms. The predicted octanol–water partition coefficient (Wildman–Crippen LogP) is 2.60. The summed E-state index contributed by atoms with van der Waals surface area (Å²) in [6, 6.07) is 7.50. The van der Waals surface area contributed by atoms with Crippen LogP contribution in [0.1, 0.15) is 12.6 Å². The van der Waals surface area contributed by atoms with Crippen LogP contribution in [0, 0.1) is 6.92 Å². The first-order valence-electron chi connectivity index (χ1n) is 5.89. The molecule has 2 aromatic heterocycles. The Morgan fingerprint density at radius 1 is 1.39 bits per heavy atom. The zero-order valence-corrected chi connectivity index (χ0v) is 10.3. The van der Waals surface area contributed by atoms with Crippen LogP contribution < -0.4 is 5.73 Å². The molecule has 3 aromatic rings. The Bertz CT molecular complexity index is 711. The van der Waals surface area contributed by atoms with E-state index in [1.807, 2.05) is 42.8 Å². The highest BCUT2D eigenvalue weighted by Gasteiger charge is 2.14. The Labute approximate surface area is 104 Å². The minimum atomic E-state index is 0.561. The average molecular weight is 242 g/mol. The molecule has 0 saturated heterocycles. The van der Waals surface area contributed by atoms with Crippen LogP contribution in [0.25, 0.3) is 22.7 Å². The molecule has 0 aliphatic rings. The quantitative estimate of drug-likeness (QED) is 0.701. The van der Waals surface area contributed by atoms with Crippen molar-refractivity contribution in [2.45, 2.75) is 20.4 Å². The van der Waals surface area contributed by atoms with Crippen LogP contribution in [0.2, 0.25) is 0 Å². The number of para-hydroxylation sites is 1. The summed E-state index contributed by atoms with van der Waals surface area (Å²) in [4.78, 5) is 4.45. The van der Waals surface area contributed by atoms with Crippen molar-refractivity contribution in [3.8, 4) is 11.6 Å². The van der Waals surface area contributed by atoms with Crippen LogP contribution in [-0.4, -0.2) is 14.8 Å². The van der Waals surface area contributed by atoms with Gasteiger partial charge >= 0.3 is 0 Å². The van der Waals surface area contributed by atoms with Gasteiger partial charge in [0.05, 0.1) is 11.4 Å². The number of nitrogens with two attached hydrogens (primary N) is 1. The van der Waals surface area contributed by atoms with Crippen molar-refractivity contribution in [2.75, 3.05) is 5.73 Å². The highest BCUT2D eigenvalue weighted by atomic mass is 16.3. The first-order valence-corrected chi connectivity index (χ1v) is 5.89. The fourth-order valence-electron chi connectivity index (χ4n) is 2.04. The molecule has 0 radical (unpaired) electrons. The van der Waals surface area contributed by atoms with Gasteiger partial charge in [0.2, 0.25) is 5.89 Å². The molecule has 0 aliphatic heterocycles. The number of benzene rings is 1. The van der Waals surface area contributed by atoms with E-state index >= 15 is 0 Å². The lowest BCUT2D eigenvalue weighted by atomic mass is 10.3. The fraction of sp³-hybridized carbons (Fsp3) is 0.231. The van der Waals surface area contributed by atoms with Crippen molar-refractivity contribution in [3.63, 3.8) is 0 Å². The summed E-state index contributed by atoms with van der Waals surface area (Å²) in [6.45, 7) is 4.76. The number of aryl methyl sites for hydroxylation is 2. The molecule has 18 heavy (non-hydrogen) atoms. The first-order chi connectivity index (χ1) is 8.69. The second-order valence-electron chi connectivity index (χ2n) is 4.20. The van der Waals surface area contributed by atoms with Gasteiger partial charge in [0, 0.05) is 6.54 Å². The summed E-state index contributed by atoms with van der Waals surface area (Å²) in [5.74, 6) is 0.561. The highest BCUT2D eigenvalue weighted by Crippen LogP contribution is 2.27. The fourth-order valence-corrected chi connectivity index (χ4v) is 2.04. The predicted molar refractivity (Wildman–Crippen MR) is 70.1 cm³/mol. The average Bonchev–Trinajstić information content (AvgIpc) is 2.92. The van der Waals surface area contributed by atoms with E-state index in [1.165, 1.54) is 0 Å². The molecule has 0 atom stereocenters. The van der Waals surface area contributed by atoms with Crippen molar-refractivity contribution >= 4 is 16.8 Å². The van der Waals surface area contributed by atoms with Gasteiger partial charge in [-0.25, -0.2) is 4.98 Å². The third kappa shape index (κ3) is 1.55. The summed E-state index contributed by atoms with van der Waals surface area (Å²) in [6.07, 6.45) is 0. The Kier molecular flexibility index (Phi) is 2.33. The number of aromatic nitrogens is 3. The SMILES string of the molecule is CCn1nc(C)cc1-c1nc2c(N)cccc2o1. The molecule has 0 bridgehead atoms. The minimum Gasteiger partial charge on any atom is -0.435 e. The van der Waals surface area contributed by atoms with E-state index in [9.17, 15) is 0 Å². The molecule has 0 aliphatic carbocycles. The maximum Gasteiger partial charge on any atom is 0.245 e. The second-order valence-corrected chi connectivity index (χ2v) is 4.20. The van der Waals surface area contributed by atoms with E-state index in [0.717, 1.165) is 17.9 Å². The van der Waals surface area contributed by atoms with Crippen molar-refractivity contribution in [1.29, 1.82) is 0 Å². The standard InChI is InChI=1S/C13H14N4O/c1-3-17-10(7-8(2)16-17)13-15-12-9(14)5-4-6-11(12)18-13/h4-7H,3,14H2,1-2H3. The first kappa shape index (κ1) is 10.8. The molecule has 2 N–H and O–H groups in total. The second kappa shape index (κ2) is 3.87. The Morgan fingerprint density at radius 3 is 2.94 bits per heavy atom. The van der Waals surface area contributed by atoms with E-state index in [4.69, 9.17) is 10.2 Å². The summed E-state index contributed by atoms with van der Waals surface area (Å²) in [7, 11) is 0. The van der Waals surface area contributed by atoms with Gasteiger partial charge in [-0.05, 0) is 32.0 Å². The molecular formula is C13H14N4O. The van der Waals surface area contributed by atoms with Crippen LogP contribution in [0.3, 0.4) is 0 Å². The van der Waals surface area contributed by atoms with Gasteiger partial charge in [0.15, 0.2) is 5.58 Å². The summed E-state index contributed by atoms with van der Waals surface area (Å²) in [5, 5.41) is 4.38. The number of oxazole rings is 1. The molecule has 5 heteroatoms. The Hall–Kier alpha value is -2.30. The smallest absolute Gasteiger partial charge is 0.245 e. The van der Waals surface area contributed by atoms with Gasteiger partial charge < -0.3 is 10.2 Å². The Morgan fingerprint density at radius 2 is 2.22 bits per heavy atom. The van der Waals surface area contributed by atoms with E-state index < -0.39 is 0 Å². The van der Waals surface area contributed by atoms with Gasteiger partial charge in [-0.1, -0.05) is 6.07 Å². The van der Waals surface area contributed by atoms with Gasteiger partial charge in [0.1, 0.15) is 11.2 Å². The van der Waals surface area contributed by atoms with Crippen molar-refractivity contribution in [1.82, 2.24) is 14.8 Å². The van der Waals surface area contributed by atoms with Crippen LogP contribution >= 0.6 is 0 Å². The van der Waals surface area contributed by atoms with E-state index in [1.54, 1.807) is 0 Å². The zero-order valence-electron chi connectivity index (χ0n) is 10.3. The minimum absolute atomic E-state index is 0.561. The summed E-state index contributed by atoms with van der Waals surface area (Å²) in [5.41, 5.74) is 9.73.